The lowest BCUT2D eigenvalue weighted by Gasteiger charge is -2.28. The van der Waals surface area contributed by atoms with Gasteiger partial charge in [-0.2, -0.15) is 0 Å². The third kappa shape index (κ3) is 19.3. The van der Waals surface area contributed by atoms with Gasteiger partial charge >= 0.3 is 0 Å². The minimum absolute atomic E-state index is 0.0557. The Morgan fingerprint density at radius 1 is 0.703 bits per heavy atom. The van der Waals surface area contributed by atoms with Crippen LogP contribution in [0.5, 0.6) is 0 Å². The van der Waals surface area contributed by atoms with Crippen molar-refractivity contribution < 1.29 is 53.4 Å². The van der Waals surface area contributed by atoms with Crippen molar-refractivity contribution in [2.75, 3.05) is 32.7 Å². The fourth-order valence-corrected chi connectivity index (χ4v) is 6.59. The van der Waals surface area contributed by atoms with Crippen molar-refractivity contribution in [3.8, 4) is 0 Å². The van der Waals surface area contributed by atoms with Crippen LogP contribution in [0.15, 0.2) is 30.3 Å². The third-order valence-corrected chi connectivity index (χ3v) is 9.89. The first-order chi connectivity index (χ1) is 30.3. The monoisotopic (exact) mass is 905 g/mol. The molecule has 1 aromatic rings. The van der Waals surface area contributed by atoms with Gasteiger partial charge in [0, 0.05) is 13.0 Å². The van der Waals surface area contributed by atoms with Gasteiger partial charge in [0.1, 0.15) is 42.3 Å². The largest absolute Gasteiger partial charge is 0.393 e. The molecule has 2 rings (SSSR count). The lowest BCUT2D eigenvalue weighted by atomic mass is 10.0. The van der Waals surface area contributed by atoms with Crippen LogP contribution in [0, 0.1) is 5.92 Å². The number of amides is 9. The van der Waals surface area contributed by atoms with Gasteiger partial charge in [-0.15, -0.1) is 0 Å². The molecule has 0 bridgehead atoms. The van der Waals surface area contributed by atoms with E-state index in [1.165, 1.54) is 13.8 Å². The Kier molecular flexibility index (Phi) is 23.9. The number of aliphatic hydroxyl groups is 2. The molecule has 0 saturated carbocycles. The lowest BCUT2D eigenvalue weighted by Crippen LogP contribution is -2.60. The van der Waals surface area contributed by atoms with Crippen LogP contribution < -0.4 is 65.1 Å². The Morgan fingerprint density at radius 3 is 1.86 bits per heavy atom. The summed E-state index contributed by atoms with van der Waals surface area (Å²) in [5.74, 6) is -7.60. The van der Waals surface area contributed by atoms with E-state index in [1.807, 2.05) is 0 Å². The van der Waals surface area contributed by atoms with Crippen molar-refractivity contribution in [1.29, 1.82) is 0 Å². The molecule has 9 atom stereocenters. The standard InChI is InChI=1S/C41H68N12O11/c1-22(2)18-30-35(58)46-21-33(57)48-27(11-15-43)39(62)53-34(24(4)55)41(64)45-17-13-29(50-36(59)26(10-14-42)47-32(56)19-23(3)54)38(61)49-28(12-16-44)37(60)52-31(40(63)51-30)20-25-8-6-5-7-9-25/h5-9,22-24,26-31,34,54-55H,10-21,42-44H2,1-4H3,(H,45,64)(H,46,58)(H,47,56)(H,48,57)(H,49,61)(H,50,59)(H,51,63)(H,52,60)(H,53,62)/t23?,24-,26-,27-,28+,29-,30-,31+,34+/m0/s1. The Labute approximate surface area is 372 Å². The highest BCUT2D eigenvalue weighted by molar-refractivity contribution is 5.98. The summed E-state index contributed by atoms with van der Waals surface area (Å²) < 4.78 is 0. The number of aliphatic hydroxyl groups excluding tert-OH is 2. The van der Waals surface area contributed by atoms with Gasteiger partial charge in [-0.1, -0.05) is 44.2 Å². The van der Waals surface area contributed by atoms with Crippen molar-refractivity contribution in [2.24, 2.45) is 23.1 Å². The Bertz CT molecular complexity index is 1730. The molecule has 23 nitrogen and oxygen atoms in total. The van der Waals surface area contributed by atoms with E-state index in [9.17, 15) is 53.4 Å². The zero-order valence-corrected chi connectivity index (χ0v) is 36.9. The number of hydrogen-bond acceptors (Lipinski definition) is 14. The SMILES string of the molecule is CC(C)C[C@@H]1NC(=O)[C@@H](Cc2ccccc2)NC(=O)[C@@H](CCN)NC(=O)[C@@H](NC(=O)[C@H](CCN)NC(=O)CC(C)O)CCNC(=O)[C@@H]([C@H](C)O)NC(=O)[C@H](CCN)NC(=O)CNC1=O. The molecule has 1 aliphatic rings. The van der Waals surface area contributed by atoms with E-state index in [2.05, 4.69) is 47.9 Å². The fourth-order valence-electron chi connectivity index (χ4n) is 6.59. The van der Waals surface area contributed by atoms with E-state index in [0.29, 0.717) is 5.56 Å². The molecule has 23 heteroatoms. The number of carbonyl (C=O) groups is 9. The van der Waals surface area contributed by atoms with Crippen LogP contribution in [-0.4, -0.2) is 151 Å². The van der Waals surface area contributed by atoms with E-state index in [-0.39, 0.29) is 77.0 Å². The van der Waals surface area contributed by atoms with E-state index in [4.69, 9.17) is 17.2 Å². The van der Waals surface area contributed by atoms with Gasteiger partial charge in [0.05, 0.1) is 25.2 Å². The highest BCUT2D eigenvalue weighted by atomic mass is 16.3. The highest BCUT2D eigenvalue weighted by Crippen LogP contribution is 2.10. The Balaban J connectivity index is 2.65. The van der Waals surface area contributed by atoms with Gasteiger partial charge in [0.15, 0.2) is 0 Å². The normalized spacial score (nSPS) is 24.0. The molecule has 0 aromatic heterocycles. The zero-order chi connectivity index (χ0) is 47.9. The first-order valence-electron chi connectivity index (χ1n) is 21.5. The predicted octanol–water partition coefficient (Wildman–Crippen LogP) is -5.50. The van der Waals surface area contributed by atoms with Gasteiger partial charge in [0.2, 0.25) is 53.2 Å². The molecular formula is C41H68N12O11. The summed E-state index contributed by atoms with van der Waals surface area (Å²) in [4.78, 5) is 122. The summed E-state index contributed by atoms with van der Waals surface area (Å²) in [5.41, 5.74) is 17.9. The first-order valence-corrected chi connectivity index (χ1v) is 21.5. The minimum Gasteiger partial charge on any atom is -0.393 e. The number of hydrogen-bond donors (Lipinski definition) is 14. The van der Waals surface area contributed by atoms with Crippen LogP contribution in [0.25, 0.3) is 0 Å². The van der Waals surface area contributed by atoms with Crippen LogP contribution in [0.1, 0.15) is 71.8 Å². The predicted molar refractivity (Wildman–Crippen MR) is 233 cm³/mol. The number of carbonyl (C=O) groups excluding carboxylic acids is 9. The molecule has 0 spiro atoms. The molecule has 1 aromatic carbocycles. The summed E-state index contributed by atoms with van der Waals surface area (Å²) in [7, 11) is 0. The summed E-state index contributed by atoms with van der Waals surface area (Å²) >= 11 is 0. The molecule has 1 aliphatic heterocycles. The average molecular weight is 905 g/mol. The van der Waals surface area contributed by atoms with Crippen molar-refractivity contribution in [1.82, 2.24) is 47.9 Å². The summed E-state index contributed by atoms with van der Waals surface area (Å²) in [6.45, 7) is 4.94. The second kappa shape index (κ2) is 28.1. The van der Waals surface area contributed by atoms with Gasteiger partial charge in [-0.05, 0) is 77.1 Å². The van der Waals surface area contributed by atoms with Crippen molar-refractivity contribution in [3.63, 3.8) is 0 Å². The molecule has 17 N–H and O–H groups in total. The lowest BCUT2D eigenvalue weighted by molar-refractivity contribution is -0.135. The molecule has 9 amide bonds. The van der Waals surface area contributed by atoms with E-state index in [1.54, 1.807) is 44.2 Å². The molecule has 0 aliphatic carbocycles. The molecule has 64 heavy (non-hydrogen) atoms. The Morgan fingerprint density at radius 2 is 1.28 bits per heavy atom. The summed E-state index contributed by atoms with van der Waals surface area (Å²) in [6, 6.07) is -0.946. The van der Waals surface area contributed by atoms with Gasteiger partial charge in [0.25, 0.3) is 0 Å². The van der Waals surface area contributed by atoms with Crippen molar-refractivity contribution in [3.05, 3.63) is 35.9 Å². The molecular weight excluding hydrogens is 837 g/mol. The van der Waals surface area contributed by atoms with Gasteiger partial charge in [-0.3, -0.25) is 43.2 Å². The smallest absolute Gasteiger partial charge is 0.245 e. The number of nitrogens with two attached hydrogens (primary N) is 3. The fraction of sp³-hybridized carbons (Fsp3) is 0.634. The summed E-state index contributed by atoms with van der Waals surface area (Å²) in [6.07, 6.45) is -3.48. The maximum atomic E-state index is 14.1. The van der Waals surface area contributed by atoms with E-state index in [0.717, 1.165) is 0 Å². The van der Waals surface area contributed by atoms with Gasteiger partial charge in [-0.25, -0.2) is 0 Å². The van der Waals surface area contributed by atoms with Crippen LogP contribution >= 0.6 is 0 Å². The maximum Gasteiger partial charge on any atom is 0.245 e. The first kappa shape index (κ1) is 54.4. The second-order valence-electron chi connectivity index (χ2n) is 16.1. The number of rotatable bonds is 16. The van der Waals surface area contributed by atoms with Crippen LogP contribution in [0.4, 0.5) is 0 Å². The topological polar surface area (TPSA) is 380 Å². The quantitative estimate of drug-likeness (QED) is 0.0737. The molecule has 358 valence electrons. The zero-order valence-electron chi connectivity index (χ0n) is 36.9. The second-order valence-corrected chi connectivity index (χ2v) is 16.1. The molecule has 1 saturated heterocycles. The molecule has 1 unspecified atom stereocenters. The maximum absolute atomic E-state index is 14.1. The van der Waals surface area contributed by atoms with Crippen LogP contribution in [0.3, 0.4) is 0 Å². The molecule has 0 radical (unpaired) electrons. The van der Waals surface area contributed by atoms with Crippen LogP contribution in [-0.2, 0) is 49.6 Å². The Hall–Kier alpha value is -5.75. The summed E-state index contributed by atoms with van der Waals surface area (Å²) in [5, 5.41) is 42.9. The molecule has 1 heterocycles. The minimum atomic E-state index is -1.59. The average Bonchev–Trinajstić information content (AvgIpc) is 3.22. The number of benzene rings is 1. The van der Waals surface area contributed by atoms with Crippen LogP contribution in [0.2, 0.25) is 0 Å². The van der Waals surface area contributed by atoms with E-state index < -0.39 is 114 Å². The third-order valence-electron chi connectivity index (χ3n) is 9.89. The van der Waals surface area contributed by atoms with Crippen molar-refractivity contribution >= 4 is 53.2 Å². The van der Waals surface area contributed by atoms with E-state index >= 15 is 0 Å². The molecule has 1 fully saturated rings. The number of nitrogens with one attached hydrogen (secondary N) is 9. The van der Waals surface area contributed by atoms with Gasteiger partial charge < -0.3 is 75.3 Å². The van der Waals surface area contributed by atoms with Crippen molar-refractivity contribution in [2.45, 2.75) is 127 Å². The highest BCUT2D eigenvalue weighted by Gasteiger charge is 2.34.